The monoisotopic (exact) mass is 164 g/mol. The molecule has 2 heterocycles. The van der Waals surface area contributed by atoms with Crippen LogP contribution in [0.1, 0.15) is 0 Å². The van der Waals surface area contributed by atoms with E-state index in [0.29, 0.717) is 5.82 Å². The molecule has 2 rings (SSSR count). The molecule has 2 N–H and O–H groups in total. The van der Waals surface area contributed by atoms with Crippen molar-refractivity contribution < 1.29 is 4.57 Å². The van der Waals surface area contributed by atoms with Gasteiger partial charge in [-0.1, -0.05) is 4.98 Å². The molecule has 0 aliphatic carbocycles. The Morgan fingerprint density at radius 2 is 2.25 bits per heavy atom. The van der Waals surface area contributed by atoms with Gasteiger partial charge in [-0.25, -0.2) is 4.57 Å². The molecule has 0 amide bonds. The molecule has 12 heavy (non-hydrogen) atoms. The van der Waals surface area contributed by atoms with Crippen LogP contribution in [0.4, 0.5) is 5.82 Å². The maximum Gasteiger partial charge on any atom is 0.307 e. The van der Waals surface area contributed by atoms with Gasteiger partial charge in [0, 0.05) is 0 Å². The lowest BCUT2D eigenvalue weighted by Crippen LogP contribution is -2.26. The second-order valence-corrected chi connectivity index (χ2v) is 2.77. The average Bonchev–Trinajstić information content (AvgIpc) is 2.29. The van der Waals surface area contributed by atoms with Gasteiger partial charge in [0.2, 0.25) is 5.52 Å². The SMILES string of the molecule is Cn1c[n+](C)c2ncnc(N)c21. The molecule has 5 heteroatoms. The van der Waals surface area contributed by atoms with E-state index in [1.54, 1.807) is 0 Å². The number of anilines is 1. The van der Waals surface area contributed by atoms with Crippen LogP contribution in [0, 0.1) is 0 Å². The Labute approximate surface area is 69.5 Å². The van der Waals surface area contributed by atoms with Gasteiger partial charge in [0.25, 0.3) is 0 Å². The second-order valence-electron chi connectivity index (χ2n) is 2.77. The zero-order valence-electron chi connectivity index (χ0n) is 7.02. The molecular weight excluding hydrogens is 154 g/mol. The molecule has 2 aromatic rings. The second kappa shape index (κ2) is 2.17. The van der Waals surface area contributed by atoms with Crippen LogP contribution in [0.5, 0.6) is 0 Å². The fourth-order valence-electron chi connectivity index (χ4n) is 1.35. The van der Waals surface area contributed by atoms with Crippen LogP contribution in [0.25, 0.3) is 11.2 Å². The van der Waals surface area contributed by atoms with E-state index in [4.69, 9.17) is 5.73 Å². The van der Waals surface area contributed by atoms with Gasteiger partial charge in [0.1, 0.15) is 0 Å². The quantitative estimate of drug-likeness (QED) is 0.528. The minimum Gasteiger partial charge on any atom is -0.380 e. The summed E-state index contributed by atoms with van der Waals surface area (Å²) in [5.74, 6) is 0.517. The molecule has 0 saturated carbocycles. The van der Waals surface area contributed by atoms with Crippen LogP contribution in [-0.4, -0.2) is 14.5 Å². The molecule has 0 fully saturated rings. The van der Waals surface area contributed by atoms with E-state index >= 15 is 0 Å². The number of imidazole rings is 1. The standard InChI is InChI=1S/C7H10N5/c1-11-4-12(2)7-5(11)6(8)9-3-10-7/h3-4H,1-2H3,(H2,8,9,10)/q+1. The van der Waals surface area contributed by atoms with Crippen molar-refractivity contribution in [1.82, 2.24) is 14.5 Å². The third kappa shape index (κ3) is 0.761. The van der Waals surface area contributed by atoms with Crippen LogP contribution < -0.4 is 10.3 Å². The first-order valence-electron chi connectivity index (χ1n) is 3.61. The lowest BCUT2D eigenvalue weighted by molar-refractivity contribution is -0.647. The first-order chi connectivity index (χ1) is 5.70. The summed E-state index contributed by atoms with van der Waals surface area (Å²) in [6.45, 7) is 0. The number of aromatic nitrogens is 4. The highest BCUT2D eigenvalue weighted by Crippen LogP contribution is 2.11. The smallest absolute Gasteiger partial charge is 0.307 e. The first-order valence-corrected chi connectivity index (χ1v) is 3.61. The minimum atomic E-state index is 0.517. The fourth-order valence-corrected chi connectivity index (χ4v) is 1.35. The number of nitrogens with zero attached hydrogens (tertiary/aromatic N) is 4. The number of fused-ring (bicyclic) bond motifs is 1. The number of hydrogen-bond acceptors (Lipinski definition) is 3. The van der Waals surface area contributed by atoms with Crippen molar-refractivity contribution in [3.63, 3.8) is 0 Å². The molecule has 2 aromatic heterocycles. The van der Waals surface area contributed by atoms with Crippen LogP contribution in [0.3, 0.4) is 0 Å². The summed E-state index contributed by atoms with van der Waals surface area (Å²) in [7, 11) is 3.84. The van der Waals surface area contributed by atoms with Crippen LogP contribution >= 0.6 is 0 Å². The number of aryl methyl sites for hydroxylation is 2. The predicted octanol–water partition coefficient (Wildman–Crippen LogP) is -0.625. The van der Waals surface area contributed by atoms with E-state index in [0.717, 1.165) is 11.2 Å². The lowest BCUT2D eigenvalue weighted by atomic mass is 10.5. The number of rotatable bonds is 0. The van der Waals surface area contributed by atoms with Gasteiger partial charge in [-0.3, -0.25) is 4.57 Å². The van der Waals surface area contributed by atoms with Gasteiger partial charge in [0.05, 0.1) is 14.1 Å². The van der Waals surface area contributed by atoms with E-state index in [1.807, 2.05) is 29.6 Å². The van der Waals surface area contributed by atoms with Gasteiger partial charge in [-0.15, -0.1) is 0 Å². The maximum absolute atomic E-state index is 5.69. The zero-order chi connectivity index (χ0) is 8.72. The molecule has 0 unspecified atom stereocenters. The van der Waals surface area contributed by atoms with Crippen LogP contribution in [0.15, 0.2) is 12.7 Å². The van der Waals surface area contributed by atoms with Crippen molar-refractivity contribution in [3.05, 3.63) is 12.7 Å². The van der Waals surface area contributed by atoms with E-state index in [-0.39, 0.29) is 0 Å². The first kappa shape index (κ1) is 7.02. The van der Waals surface area contributed by atoms with Crippen molar-refractivity contribution in [2.45, 2.75) is 0 Å². The summed E-state index contributed by atoms with van der Waals surface area (Å²) < 4.78 is 3.82. The summed E-state index contributed by atoms with van der Waals surface area (Å²) in [6.07, 6.45) is 3.38. The van der Waals surface area contributed by atoms with Crippen LogP contribution in [-0.2, 0) is 14.1 Å². The molecule has 0 saturated heterocycles. The molecule has 0 spiro atoms. The van der Waals surface area contributed by atoms with E-state index in [1.165, 1.54) is 6.33 Å². The van der Waals surface area contributed by atoms with Gasteiger partial charge >= 0.3 is 5.65 Å². The molecule has 0 aliphatic rings. The Morgan fingerprint density at radius 1 is 1.50 bits per heavy atom. The summed E-state index contributed by atoms with van der Waals surface area (Å²) >= 11 is 0. The topological polar surface area (TPSA) is 60.6 Å². The Balaban J connectivity index is 2.99. The highest BCUT2D eigenvalue weighted by atomic mass is 15.2. The minimum absolute atomic E-state index is 0.517. The van der Waals surface area contributed by atoms with Crippen molar-refractivity contribution >= 4 is 17.0 Å². The Morgan fingerprint density at radius 3 is 2.92 bits per heavy atom. The fraction of sp³-hybridized carbons (Fsp3) is 0.286. The van der Waals surface area contributed by atoms with Gasteiger partial charge in [-0.05, 0) is 0 Å². The van der Waals surface area contributed by atoms with E-state index in [9.17, 15) is 0 Å². The molecule has 0 aromatic carbocycles. The maximum atomic E-state index is 5.69. The molecule has 0 aliphatic heterocycles. The van der Waals surface area contributed by atoms with Crippen molar-refractivity contribution in [1.29, 1.82) is 0 Å². The number of nitrogens with two attached hydrogens (primary N) is 1. The number of nitrogen functional groups attached to an aromatic ring is 1. The third-order valence-electron chi connectivity index (χ3n) is 1.86. The molecule has 62 valence electrons. The molecule has 0 bridgehead atoms. The number of hydrogen-bond donors (Lipinski definition) is 1. The summed E-state index contributed by atoms with van der Waals surface area (Å²) in [5, 5.41) is 0. The summed E-state index contributed by atoms with van der Waals surface area (Å²) in [6, 6.07) is 0. The molecule has 0 atom stereocenters. The van der Waals surface area contributed by atoms with Gasteiger partial charge in [0.15, 0.2) is 18.5 Å². The van der Waals surface area contributed by atoms with Gasteiger partial charge < -0.3 is 5.73 Å². The highest BCUT2D eigenvalue weighted by Gasteiger charge is 2.14. The van der Waals surface area contributed by atoms with Crippen molar-refractivity contribution in [2.24, 2.45) is 14.1 Å². The van der Waals surface area contributed by atoms with E-state index in [2.05, 4.69) is 9.97 Å². The normalized spacial score (nSPS) is 10.8. The molecular formula is C7H10N5+. The zero-order valence-corrected chi connectivity index (χ0v) is 7.02. The molecule has 0 radical (unpaired) electrons. The summed E-state index contributed by atoms with van der Waals surface area (Å²) in [4.78, 5) is 8.03. The van der Waals surface area contributed by atoms with Gasteiger partial charge in [-0.2, -0.15) is 4.98 Å². The molecule has 5 nitrogen and oxygen atoms in total. The van der Waals surface area contributed by atoms with Crippen LogP contribution in [0.2, 0.25) is 0 Å². The average molecular weight is 164 g/mol. The Kier molecular flexibility index (Phi) is 1.27. The summed E-state index contributed by atoms with van der Waals surface area (Å²) in [5.41, 5.74) is 7.41. The lowest BCUT2D eigenvalue weighted by Gasteiger charge is -1.89. The predicted molar refractivity (Wildman–Crippen MR) is 44.1 cm³/mol. The van der Waals surface area contributed by atoms with Crippen molar-refractivity contribution in [2.75, 3.05) is 5.73 Å². The Bertz CT molecular complexity index is 431. The van der Waals surface area contributed by atoms with Crippen molar-refractivity contribution in [3.8, 4) is 0 Å². The Hall–Kier alpha value is -1.65. The largest absolute Gasteiger partial charge is 0.380 e. The third-order valence-corrected chi connectivity index (χ3v) is 1.86. The highest BCUT2D eigenvalue weighted by molar-refractivity contribution is 5.78. The van der Waals surface area contributed by atoms with E-state index < -0.39 is 0 Å².